The van der Waals surface area contributed by atoms with Crippen molar-refractivity contribution in [2.45, 2.75) is 38.5 Å². The van der Waals surface area contributed by atoms with E-state index in [0.717, 1.165) is 38.8 Å². The van der Waals surface area contributed by atoms with Crippen LogP contribution in [0.1, 0.15) is 48.9 Å². The molecule has 0 radical (unpaired) electrons. The van der Waals surface area contributed by atoms with Crippen LogP contribution >= 0.6 is 0 Å². The predicted octanol–water partition coefficient (Wildman–Crippen LogP) is 1.25. The molecule has 0 unspecified atom stereocenters. The molecule has 9 heteroatoms. The maximum Gasteiger partial charge on any atom is 0.310 e. The smallest absolute Gasteiger partial charge is 0.310 e. The standard InChI is InChI=1S/C25H36N4O5/c30-22(9-8-18-10-12-26-13-11-18)29-14-4-7-20(17-29)24(32)28-16-21(25(33)34)15-27-23(31)19-5-2-1-3-6-19/h1-3,5-6,18,20-21,26H,4,7-17H2,(H,27,31)(H,28,32)(H,33,34)/t20-,21-/m1/s1. The summed E-state index contributed by atoms with van der Waals surface area (Å²) in [7, 11) is 0. The molecular formula is C25H36N4O5. The lowest BCUT2D eigenvalue weighted by atomic mass is 9.92. The van der Waals surface area contributed by atoms with Gasteiger partial charge in [0.25, 0.3) is 5.91 Å². The van der Waals surface area contributed by atoms with Gasteiger partial charge in [0.1, 0.15) is 0 Å². The van der Waals surface area contributed by atoms with E-state index in [0.29, 0.717) is 37.4 Å². The van der Waals surface area contributed by atoms with E-state index in [1.54, 1.807) is 35.2 Å². The average molecular weight is 473 g/mol. The molecule has 0 saturated carbocycles. The van der Waals surface area contributed by atoms with E-state index in [9.17, 15) is 24.3 Å². The number of carbonyl (C=O) groups excluding carboxylic acids is 3. The number of nitrogens with zero attached hydrogens (tertiary/aromatic N) is 1. The lowest BCUT2D eigenvalue weighted by Gasteiger charge is -2.33. The number of benzene rings is 1. The molecule has 3 rings (SSSR count). The van der Waals surface area contributed by atoms with Gasteiger partial charge in [0.05, 0.1) is 11.8 Å². The molecule has 1 aromatic rings. The zero-order valence-electron chi connectivity index (χ0n) is 19.6. The van der Waals surface area contributed by atoms with Gasteiger partial charge in [-0.05, 0) is 63.2 Å². The first-order chi connectivity index (χ1) is 16.4. The SMILES string of the molecule is O=C(NC[C@H](CNC(=O)[C@@H]1CCCN(C(=O)CCC2CCNCC2)C1)C(=O)O)c1ccccc1. The van der Waals surface area contributed by atoms with Gasteiger partial charge in [0, 0.05) is 38.2 Å². The molecule has 0 aromatic heterocycles. The van der Waals surface area contributed by atoms with Crippen molar-refractivity contribution >= 4 is 23.7 Å². The molecule has 1 aromatic carbocycles. The van der Waals surface area contributed by atoms with Crippen molar-refractivity contribution < 1.29 is 24.3 Å². The number of likely N-dealkylation sites (tertiary alicyclic amines) is 1. The molecule has 4 N–H and O–H groups in total. The van der Waals surface area contributed by atoms with Crippen LogP contribution in [-0.2, 0) is 14.4 Å². The van der Waals surface area contributed by atoms with Crippen LogP contribution < -0.4 is 16.0 Å². The van der Waals surface area contributed by atoms with Crippen molar-refractivity contribution in [3.8, 4) is 0 Å². The fraction of sp³-hybridized carbons (Fsp3) is 0.600. The molecule has 9 nitrogen and oxygen atoms in total. The number of hydrogen-bond acceptors (Lipinski definition) is 5. The quantitative estimate of drug-likeness (QED) is 0.406. The molecule has 0 spiro atoms. The Morgan fingerprint density at radius 2 is 1.74 bits per heavy atom. The fourth-order valence-electron chi connectivity index (χ4n) is 4.60. The Kier molecular flexibility index (Phi) is 9.88. The second-order valence-corrected chi connectivity index (χ2v) is 9.27. The van der Waals surface area contributed by atoms with Crippen molar-refractivity contribution in [3.05, 3.63) is 35.9 Å². The van der Waals surface area contributed by atoms with Crippen LogP contribution in [0.15, 0.2) is 30.3 Å². The van der Waals surface area contributed by atoms with Crippen LogP contribution in [0.5, 0.6) is 0 Å². The normalized spacial score (nSPS) is 19.8. The maximum absolute atomic E-state index is 12.7. The number of hydrogen-bond donors (Lipinski definition) is 4. The lowest BCUT2D eigenvalue weighted by Crippen LogP contribution is -2.47. The van der Waals surface area contributed by atoms with Gasteiger partial charge in [-0.2, -0.15) is 0 Å². The van der Waals surface area contributed by atoms with E-state index in [2.05, 4.69) is 16.0 Å². The number of carboxylic acid groups (broad SMARTS) is 1. The Morgan fingerprint density at radius 1 is 1.03 bits per heavy atom. The minimum absolute atomic E-state index is 0.0800. The molecule has 34 heavy (non-hydrogen) atoms. The summed E-state index contributed by atoms with van der Waals surface area (Å²) < 4.78 is 0. The zero-order valence-corrected chi connectivity index (χ0v) is 19.6. The van der Waals surface area contributed by atoms with Crippen molar-refractivity contribution in [1.82, 2.24) is 20.9 Å². The zero-order chi connectivity index (χ0) is 24.3. The van der Waals surface area contributed by atoms with Crippen LogP contribution in [0.4, 0.5) is 0 Å². The monoisotopic (exact) mass is 472 g/mol. The van der Waals surface area contributed by atoms with E-state index in [4.69, 9.17) is 0 Å². The number of rotatable bonds is 10. The summed E-state index contributed by atoms with van der Waals surface area (Å²) in [5.41, 5.74) is 0.447. The molecule has 2 atom stereocenters. The van der Waals surface area contributed by atoms with E-state index in [1.807, 2.05) is 0 Å². The number of amides is 3. The Hall–Kier alpha value is -2.94. The first-order valence-corrected chi connectivity index (χ1v) is 12.3. The summed E-state index contributed by atoms with van der Waals surface area (Å²) in [5.74, 6) is -2.28. The Balaban J connectivity index is 1.42. The second-order valence-electron chi connectivity index (χ2n) is 9.27. The highest BCUT2D eigenvalue weighted by Crippen LogP contribution is 2.21. The van der Waals surface area contributed by atoms with Gasteiger partial charge in [0.2, 0.25) is 11.8 Å². The van der Waals surface area contributed by atoms with Crippen molar-refractivity contribution in [2.75, 3.05) is 39.3 Å². The maximum atomic E-state index is 12.7. The van der Waals surface area contributed by atoms with E-state index in [1.165, 1.54) is 0 Å². The fourth-order valence-corrected chi connectivity index (χ4v) is 4.60. The minimum Gasteiger partial charge on any atom is -0.481 e. The van der Waals surface area contributed by atoms with Gasteiger partial charge in [-0.1, -0.05) is 18.2 Å². The van der Waals surface area contributed by atoms with Crippen LogP contribution in [0, 0.1) is 17.8 Å². The third-order valence-electron chi connectivity index (χ3n) is 6.79. The molecule has 2 aliphatic rings. The summed E-state index contributed by atoms with van der Waals surface area (Å²) in [6.07, 6.45) is 5.05. The third kappa shape index (κ3) is 7.83. The molecule has 2 aliphatic heterocycles. The van der Waals surface area contributed by atoms with E-state index >= 15 is 0 Å². The highest BCUT2D eigenvalue weighted by Gasteiger charge is 2.29. The topological polar surface area (TPSA) is 128 Å². The highest BCUT2D eigenvalue weighted by atomic mass is 16.4. The predicted molar refractivity (Wildman–Crippen MR) is 127 cm³/mol. The first kappa shape index (κ1) is 25.7. The lowest BCUT2D eigenvalue weighted by molar-refractivity contribution is -0.141. The van der Waals surface area contributed by atoms with E-state index < -0.39 is 11.9 Å². The Labute approximate surface area is 200 Å². The summed E-state index contributed by atoms with van der Waals surface area (Å²) in [5, 5.41) is 18.2. The molecular weight excluding hydrogens is 436 g/mol. The number of carboxylic acids is 1. The van der Waals surface area contributed by atoms with Crippen LogP contribution in [0.25, 0.3) is 0 Å². The first-order valence-electron chi connectivity index (χ1n) is 12.3. The summed E-state index contributed by atoms with van der Waals surface area (Å²) >= 11 is 0. The van der Waals surface area contributed by atoms with Crippen molar-refractivity contribution in [3.63, 3.8) is 0 Å². The largest absolute Gasteiger partial charge is 0.481 e. The van der Waals surface area contributed by atoms with Crippen molar-refractivity contribution in [2.24, 2.45) is 17.8 Å². The molecule has 2 fully saturated rings. The van der Waals surface area contributed by atoms with Gasteiger partial charge >= 0.3 is 5.97 Å². The molecule has 0 aliphatic carbocycles. The Bertz CT molecular complexity index is 841. The summed E-state index contributed by atoms with van der Waals surface area (Å²) in [6.45, 7) is 2.90. The summed E-state index contributed by atoms with van der Waals surface area (Å²) in [6, 6.07) is 8.55. The number of nitrogens with one attached hydrogen (secondary N) is 3. The number of carbonyl (C=O) groups is 4. The molecule has 3 amide bonds. The van der Waals surface area contributed by atoms with E-state index in [-0.39, 0.29) is 36.7 Å². The highest BCUT2D eigenvalue weighted by molar-refractivity contribution is 5.94. The molecule has 2 heterocycles. The Morgan fingerprint density at radius 3 is 2.44 bits per heavy atom. The minimum atomic E-state index is -1.09. The summed E-state index contributed by atoms with van der Waals surface area (Å²) in [4.78, 5) is 51.0. The van der Waals surface area contributed by atoms with Crippen molar-refractivity contribution in [1.29, 1.82) is 0 Å². The molecule has 2 saturated heterocycles. The van der Waals surface area contributed by atoms with Crippen LogP contribution in [0.2, 0.25) is 0 Å². The van der Waals surface area contributed by atoms with Crippen LogP contribution in [-0.4, -0.2) is 73.0 Å². The molecule has 0 bridgehead atoms. The molecule has 186 valence electrons. The second kappa shape index (κ2) is 13.1. The van der Waals surface area contributed by atoms with Crippen LogP contribution in [0.3, 0.4) is 0 Å². The van der Waals surface area contributed by atoms with Gasteiger partial charge in [-0.3, -0.25) is 19.2 Å². The average Bonchev–Trinajstić information content (AvgIpc) is 2.87. The third-order valence-corrected chi connectivity index (χ3v) is 6.79. The van der Waals surface area contributed by atoms with Gasteiger partial charge in [0.15, 0.2) is 0 Å². The van der Waals surface area contributed by atoms with Gasteiger partial charge in [-0.25, -0.2) is 0 Å². The number of aliphatic carboxylic acids is 1. The van der Waals surface area contributed by atoms with Gasteiger partial charge < -0.3 is 26.0 Å². The van der Waals surface area contributed by atoms with Gasteiger partial charge in [-0.15, -0.1) is 0 Å². The number of piperidine rings is 2.